The van der Waals surface area contributed by atoms with Gasteiger partial charge in [-0.1, -0.05) is 0 Å². The van der Waals surface area contributed by atoms with Gasteiger partial charge in [0.15, 0.2) is 0 Å². The molecule has 1 fully saturated rings. The number of ether oxygens (including phenoxy) is 2. The van der Waals surface area contributed by atoms with E-state index in [-0.39, 0.29) is 0 Å². The van der Waals surface area contributed by atoms with Crippen molar-refractivity contribution in [3.05, 3.63) is 0 Å². The van der Waals surface area contributed by atoms with Crippen molar-refractivity contribution in [2.45, 2.75) is 12.3 Å². The Morgan fingerprint density at radius 1 is 1.33 bits per heavy atom. The Kier molecular flexibility index (Phi) is 2.05. The van der Waals surface area contributed by atoms with E-state index in [9.17, 15) is 22.8 Å². The number of carbonyl (C=O) groups is 2. The van der Waals surface area contributed by atoms with Crippen LogP contribution in [0.25, 0.3) is 0 Å². The average molecular weight is 184 g/mol. The first-order valence-electron chi connectivity index (χ1n) is 2.84. The number of halogens is 3. The minimum Gasteiger partial charge on any atom is -0.389 e. The van der Waals surface area contributed by atoms with E-state index in [1.54, 1.807) is 0 Å². The zero-order valence-electron chi connectivity index (χ0n) is 5.55. The van der Waals surface area contributed by atoms with Crippen LogP contribution in [0.1, 0.15) is 0 Å². The van der Waals surface area contributed by atoms with Crippen LogP contribution in [0.4, 0.5) is 13.2 Å². The molecule has 1 aliphatic heterocycles. The molecule has 0 aromatic rings. The average Bonchev–Trinajstić information content (AvgIpc) is 1.83. The summed E-state index contributed by atoms with van der Waals surface area (Å²) in [5.74, 6) is -2.82. The fourth-order valence-electron chi connectivity index (χ4n) is 0.643. The summed E-state index contributed by atoms with van der Waals surface area (Å²) < 4.78 is 43.0. The summed E-state index contributed by atoms with van der Waals surface area (Å²) >= 11 is 0. The standard InChI is InChI=1S/C5H3F3O4/c6-5(7,8)3-4(10)12-2(9)1-11-3/h3H,1H2. The molecule has 0 saturated carbocycles. The maximum Gasteiger partial charge on any atom is 0.425 e. The Bertz CT molecular complexity index is 221. The summed E-state index contributed by atoms with van der Waals surface area (Å²) in [6.07, 6.45) is -7.45. The molecular formula is C5H3F3O4. The van der Waals surface area contributed by atoms with Crippen LogP contribution in [0.2, 0.25) is 0 Å². The van der Waals surface area contributed by atoms with Crippen molar-refractivity contribution in [3.63, 3.8) is 0 Å². The molecule has 1 heterocycles. The summed E-state index contributed by atoms with van der Waals surface area (Å²) in [5.41, 5.74) is 0. The zero-order valence-corrected chi connectivity index (χ0v) is 5.55. The van der Waals surface area contributed by atoms with Gasteiger partial charge in [0.1, 0.15) is 6.61 Å². The summed E-state index contributed by atoms with van der Waals surface area (Å²) in [6, 6.07) is 0. The molecule has 0 bridgehead atoms. The highest BCUT2D eigenvalue weighted by atomic mass is 19.4. The number of hydrogen-bond donors (Lipinski definition) is 0. The van der Waals surface area contributed by atoms with Gasteiger partial charge in [-0.3, -0.25) is 0 Å². The minimum absolute atomic E-state index is 0.851. The van der Waals surface area contributed by atoms with Gasteiger partial charge in [0.05, 0.1) is 0 Å². The van der Waals surface area contributed by atoms with Crippen LogP contribution < -0.4 is 0 Å². The molecule has 12 heavy (non-hydrogen) atoms. The van der Waals surface area contributed by atoms with Crippen molar-refractivity contribution in [2.75, 3.05) is 6.61 Å². The van der Waals surface area contributed by atoms with Crippen LogP contribution in [-0.2, 0) is 19.1 Å². The molecule has 1 rings (SSSR count). The molecule has 1 atom stereocenters. The van der Waals surface area contributed by atoms with E-state index < -0.39 is 30.8 Å². The molecule has 7 heteroatoms. The summed E-state index contributed by atoms with van der Waals surface area (Å²) in [6.45, 7) is -0.851. The molecule has 1 aliphatic rings. The SMILES string of the molecule is O=C1COC(C(F)(F)F)C(=O)O1. The second-order valence-corrected chi connectivity index (χ2v) is 2.03. The lowest BCUT2D eigenvalue weighted by atomic mass is 10.3. The van der Waals surface area contributed by atoms with E-state index in [4.69, 9.17) is 0 Å². The molecule has 0 N–H and O–H groups in total. The van der Waals surface area contributed by atoms with Gasteiger partial charge in [-0.15, -0.1) is 0 Å². The summed E-state index contributed by atoms with van der Waals surface area (Å²) in [7, 11) is 0. The highest BCUT2D eigenvalue weighted by Crippen LogP contribution is 2.25. The van der Waals surface area contributed by atoms with Crippen LogP contribution in [0.5, 0.6) is 0 Å². The largest absolute Gasteiger partial charge is 0.425 e. The number of carbonyl (C=O) groups excluding carboxylic acids is 2. The molecule has 68 valence electrons. The lowest BCUT2D eigenvalue weighted by Crippen LogP contribution is -2.46. The third kappa shape index (κ3) is 1.73. The van der Waals surface area contributed by atoms with Crippen LogP contribution in [-0.4, -0.2) is 30.8 Å². The van der Waals surface area contributed by atoms with Gasteiger partial charge in [0.25, 0.3) is 6.10 Å². The van der Waals surface area contributed by atoms with Gasteiger partial charge in [0, 0.05) is 0 Å². The van der Waals surface area contributed by atoms with Crippen LogP contribution in [0.15, 0.2) is 0 Å². The number of alkyl halides is 3. The molecule has 0 amide bonds. The first-order valence-corrected chi connectivity index (χ1v) is 2.84. The molecule has 4 nitrogen and oxygen atoms in total. The molecule has 0 aromatic carbocycles. The van der Waals surface area contributed by atoms with Crippen molar-refractivity contribution in [1.82, 2.24) is 0 Å². The van der Waals surface area contributed by atoms with Crippen LogP contribution in [0, 0.1) is 0 Å². The first-order chi connectivity index (χ1) is 5.41. The van der Waals surface area contributed by atoms with Gasteiger partial charge in [-0.25, -0.2) is 9.59 Å². The Labute approximate surface area is 64.2 Å². The monoisotopic (exact) mass is 184 g/mol. The highest BCUT2D eigenvalue weighted by molar-refractivity contribution is 5.91. The van der Waals surface area contributed by atoms with Gasteiger partial charge in [0.2, 0.25) is 0 Å². The third-order valence-corrected chi connectivity index (χ3v) is 1.09. The van der Waals surface area contributed by atoms with Gasteiger partial charge in [-0.2, -0.15) is 13.2 Å². The number of hydrogen-bond acceptors (Lipinski definition) is 4. The highest BCUT2D eigenvalue weighted by Gasteiger charge is 2.50. The minimum atomic E-state index is -4.82. The van der Waals surface area contributed by atoms with Crippen LogP contribution in [0.3, 0.4) is 0 Å². The predicted octanol–water partition coefficient (Wildman–Crippen LogP) is 0.0173. The quantitative estimate of drug-likeness (QED) is 0.393. The molecular weight excluding hydrogens is 181 g/mol. The van der Waals surface area contributed by atoms with E-state index in [0.29, 0.717) is 0 Å². The van der Waals surface area contributed by atoms with Crippen LogP contribution >= 0.6 is 0 Å². The fourth-order valence-corrected chi connectivity index (χ4v) is 0.643. The second kappa shape index (κ2) is 2.74. The maximum absolute atomic E-state index is 11.8. The van der Waals surface area contributed by atoms with Crippen molar-refractivity contribution < 1.29 is 32.2 Å². The van der Waals surface area contributed by atoms with Gasteiger partial charge < -0.3 is 9.47 Å². The molecule has 1 saturated heterocycles. The van der Waals surface area contributed by atoms with E-state index in [2.05, 4.69) is 9.47 Å². The molecule has 1 unspecified atom stereocenters. The molecule has 0 radical (unpaired) electrons. The first kappa shape index (κ1) is 8.98. The molecule has 0 spiro atoms. The Morgan fingerprint density at radius 2 is 1.92 bits per heavy atom. The molecule has 0 aliphatic carbocycles. The maximum atomic E-state index is 11.8. The Balaban J connectivity index is 2.69. The number of cyclic esters (lactones) is 2. The predicted molar refractivity (Wildman–Crippen MR) is 26.9 cm³/mol. The van der Waals surface area contributed by atoms with Crippen molar-refractivity contribution in [3.8, 4) is 0 Å². The normalized spacial score (nSPS) is 25.4. The van der Waals surface area contributed by atoms with Crippen molar-refractivity contribution in [2.24, 2.45) is 0 Å². The summed E-state index contributed by atoms with van der Waals surface area (Å²) in [4.78, 5) is 20.6. The van der Waals surface area contributed by atoms with Gasteiger partial charge >= 0.3 is 18.1 Å². The van der Waals surface area contributed by atoms with Crippen molar-refractivity contribution in [1.29, 1.82) is 0 Å². The topological polar surface area (TPSA) is 52.6 Å². The zero-order chi connectivity index (χ0) is 9.35. The number of esters is 2. The number of rotatable bonds is 0. The lowest BCUT2D eigenvalue weighted by molar-refractivity contribution is -0.241. The van der Waals surface area contributed by atoms with E-state index >= 15 is 0 Å². The third-order valence-electron chi connectivity index (χ3n) is 1.09. The Morgan fingerprint density at radius 3 is 2.33 bits per heavy atom. The van der Waals surface area contributed by atoms with E-state index in [0.717, 1.165) is 0 Å². The lowest BCUT2D eigenvalue weighted by Gasteiger charge is -2.21. The van der Waals surface area contributed by atoms with Gasteiger partial charge in [-0.05, 0) is 0 Å². The van der Waals surface area contributed by atoms with E-state index in [1.165, 1.54) is 0 Å². The fraction of sp³-hybridized carbons (Fsp3) is 0.600. The second-order valence-electron chi connectivity index (χ2n) is 2.03. The smallest absolute Gasteiger partial charge is 0.389 e. The Hall–Kier alpha value is -1.11. The van der Waals surface area contributed by atoms with E-state index in [1.807, 2.05) is 0 Å². The van der Waals surface area contributed by atoms with Crippen molar-refractivity contribution >= 4 is 11.9 Å². The summed E-state index contributed by atoms with van der Waals surface area (Å²) in [5, 5.41) is 0. The molecule has 0 aromatic heterocycles.